The average molecular weight is 568 g/mol. The summed E-state index contributed by atoms with van der Waals surface area (Å²) in [6.45, 7) is 1.66. The summed E-state index contributed by atoms with van der Waals surface area (Å²) in [7, 11) is 1.34. The molecule has 0 radical (unpaired) electrons. The monoisotopic (exact) mass is 567 g/mol. The van der Waals surface area contributed by atoms with Crippen LogP contribution in [0.3, 0.4) is 0 Å². The number of nitrogens with one attached hydrogen (secondary N) is 1. The van der Waals surface area contributed by atoms with Gasteiger partial charge in [0.15, 0.2) is 6.29 Å². The topological polar surface area (TPSA) is 178 Å². The lowest BCUT2D eigenvalue weighted by Gasteiger charge is -2.32. The predicted octanol–water partition coefficient (Wildman–Crippen LogP) is 1.38. The van der Waals surface area contributed by atoms with Crippen molar-refractivity contribution in [3.8, 4) is 0 Å². The van der Waals surface area contributed by atoms with Gasteiger partial charge < -0.3 is 50.2 Å². The van der Waals surface area contributed by atoms with Crippen molar-refractivity contribution < 1.29 is 49.6 Å². The van der Waals surface area contributed by atoms with Crippen molar-refractivity contribution in [1.29, 1.82) is 0 Å². The van der Waals surface area contributed by atoms with Crippen molar-refractivity contribution in [1.82, 2.24) is 5.32 Å². The number of hydrogen-bond acceptors (Lipinski definition) is 10. The molecule has 6 unspecified atom stereocenters. The predicted molar refractivity (Wildman–Crippen MR) is 148 cm³/mol. The van der Waals surface area contributed by atoms with E-state index >= 15 is 0 Å². The van der Waals surface area contributed by atoms with Crippen molar-refractivity contribution in [2.24, 2.45) is 0 Å². The lowest BCUT2D eigenvalue weighted by molar-refractivity contribution is -0.244. The molecule has 0 aromatic carbocycles. The Balaban J connectivity index is 4.69. The first kappa shape index (κ1) is 38.1. The molecule has 39 heavy (non-hydrogen) atoms. The van der Waals surface area contributed by atoms with Crippen LogP contribution in [-0.4, -0.2) is 113 Å². The van der Waals surface area contributed by atoms with Crippen molar-refractivity contribution in [2.75, 3.05) is 33.5 Å². The van der Waals surface area contributed by atoms with Crippen molar-refractivity contribution in [3.63, 3.8) is 0 Å². The van der Waals surface area contributed by atoms with Gasteiger partial charge in [0.05, 0.1) is 38.1 Å². The number of methoxy groups -OCH3 is 1. The fourth-order valence-corrected chi connectivity index (χ4v) is 4.25. The van der Waals surface area contributed by atoms with E-state index in [1.165, 1.54) is 65.4 Å². The van der Waals surface area contributed by atoms with Gasteiger partial charge in [-0.1, -0.05) is 84.0 Å². The zero-order chi connectivity index (χ0) is 29.5. The molecule has 7 N–H and O–H groups in total. The van der Waals surface area contributed by atoms with Crippen LogP contribution in [0, 0.1) is 0 Å². The van der Waals surface area contributed by atoms with Gasteiger partial charge >= 0.3 is 0 Å². The Morgan fingerprint density at radius 2 is 1.33 bits per heavy atom. The molecule has 0 spiro atoms. The second kappa shape index (κ2) is 24.9. The normalized spacial score (nSPS) is 17.3. The lowest BCUT2D eigenvalue weighted by Crippen LogP contribution is -2.53. The van der Waals surface area contributed by atoms with E-state index in [0.717, 1.165) is 25.7 Å². The molecule has 0 bridgehead atoms. The molecular weight excluding hydrogens is 510 g/mol. The molecule has 0 saturated heterocycles. The Morgan fingerprint density at radius 3 is 1.79 bits per heavy atom. The highest BCUT2D eigenvalue weighted by atomic mass is 16.7. The van der Waals surface area contributed by atoms with E-state index in [2.05, 4.69) is 12.2 Å². The van der Waals surface area contributed by atoms with E-state index in [9.17, 15) is 35.4 Å². The molecule has 7 atom stereocenters. The molecule has 11 nitrogen and oxygen atoms in total. The SMILES string of the molecule is CCCCCCCCCCCCCCC(O)C(O)C(COC(OC(CO)[C@@H](C)O)C(O)CO)NC(=O)COC. The van der Waals surface area contributed by atoms with Crippen LogP contribution in [0.2, 0.25) is 0 Å². The second-order valence-electron chi connectivity index (χ2n) is 10.4. The summed E-state index contributed by atoms with van der Waals surface area (Å²) < 4.78 is 15.7. The highest BCUT2D eigenvalue weighted by Gasteiger charge is 2.32. The van der Waals surface area contributed by atoms with Crippen LogP contribution >= 0.6 is 0 Å². The van der Waals surface area contributed by atoms with Gasteiger partial charge in [0.25, 0.3) is 0 Å². The van der Waals surface area contributed by atoms with E-state index in [4.69, 9.17) is 14.2 Å². The zero-order valence-electron chi connectivity index (χ0n) is 24.4. The maximum absolute atomic E-state index is 12.1. The Labute approximate surface area is 234 Å². The molecule has 1 amide bonds. The van der Waals surface area contributed by atoms with Gasteiger partial charge in [0.2, 0.25) is 5.91 Å². The summed E-state index contributed by atoms with van der Waals surface area (Å²) in [5, 5.41) is 62.4. The minimum Gasteiger partial charge on any atom is -0.394 e. The molecule has 0 saturated carbocycles. The first-order chi connectivity index (χ1) is 18.7. The minimum atomic E-state index is -1.52. The second-order valence-corrected chi connectivity index (χ2v) is 10.4. The highest BCUT2D eigenvalue weighted by molar-refractivity contribution is 5.77. The fraction of sp³-hybridized carbons (Fsp3) is 0.964. The molecule has 0 rings (SSSR count). The molecule has 234 valence electrons. The van der Waals surface area contributed by atoms with Crippen LogP contribution in [0.15, 0.2) is 0 Å². The van der Waals surface area contributed by atoms with Gasteiger partial charge in [-0.3, -0.25) is 4.79 Å². The van der Waals surface area contributed by atoms with Crippen LogP contribution in [0.25, 0.3) is 0 Å². The largest absolute Gasteiger partial charge is 0.394 e. The van der Waals surface area contributed by atoms with Gasteiger partial charge in [-0.15, -0.1) is 0 Å². The standard InChI is InChI=1S/C28H57NO10/c1-4-5-6-7-8-9-10-11-12-13-14-15-16-23(33)27(36)22(29-26(35)20-37-3)19-38-28(24(34)17-30)39-25(18-31)21(2)32/h21-25,27-28,30-34,36H,4-20H2,1-3H3,(H,29,35)/t21-,22?,23?,24?,25?,27?,28?/m1/s1. The molecule has 0 aromatic rings. The van der Waals surface area contributed by atoms with Crippen LogP contribution in [0.4, 0.5) is 0 Å². The molecule has 0 aliphatic rings. The number of carbonyl (C=O) groups is 1. The fourth-order valence-electron chi connectivity index (χ4n) is 4.25. The van der Waals surface area contributed by atoms with Crippen LogP contribution in [-0.2, 0) is 19.0 Å². The number of unbranched alkanes of at least 4 members (excludes halogenated alkanes) is 11. The smallest absolute Gasteiger partial charge is 0.246 e. The number of carbonyl (C=O) groups excluding carboxylic acids is 1. The van der Waals surface area contributed by atoms with Crippen LogP contribution in [0.1, 0.15) is 97.3 Å². The highest BCUT2D eigenvalue weighted by Crippen LogP contribution is 2.16. The molecule has 0 aliphatic carbocycles. The Kier molecular flexibility index (Phi) is 24.3. The first-order valence-corrected chi connectivity index (χ1v) is 14.7. The van der Waals surface area contributed by atoms with Gasteiger partial charge in [-0.05, 0) is 13.3 Å². The zero-order valence-corrected chi connectivity index (χ0v) is 24.4. The molecule has 0 aromatic heterocycles. The maximum atomic E-state index is 12.1. The van der Waals surface area contributed by atoms with Gasteiger partial charge in [0.1, 0.15) is 24.9 Å². The number of ether oxygens (including phenoxy) is 3. The average Bonchev–Trinajstić information content (AvgIpc) is 2.91. The van der Waals surface area contributed by atoms with Crippen molar-refractivity contribution >= 4 is 5.91 Å². The number of hydrogen-bond donors (Lipinski definition) is 7. The Bertz CT molecular complexity index is 568. The van der Waals surface area contributed by atoms with Crippen molar-refractivity contribution in [3.05, 3.63) is 0 Å². The third-order valence-corrected chi connectivity index (χ3v) is 6.75. The van der Waals surface area contributed by atoms with E-state index in [1.54, 1.807) is 0 Å². The number of amides is 1. The number of aliphatic hydroxyl groups is 6. The molecule has 0 fully saturated rings. The van der Waals surface area contributed by atoms with Gasteiger partial charge in [0, 0.05) is 7.11 Å². The van der Waals surface area contributed by atoms with E-state index in [0.29, 0.717) is 6.42 Å². The Hall–Kier alpha value is -0.890. The quantitative estimate of drug-likeness (QED) is 0.0567. The summed E-state index contributed by atoms with van der Waals surface area (Å²) in [5.74, 6) is -0.542. The van der Waals surface area contributed by atoms with E-state index < -0.39 is 62.0 Å². The summed E-state index contributed by atoms with van der Waals surface area (Å²) in [5.41, 5.74) is 0. The summed E-state index contributed by atoms with van der Waals surface area (Å²) in [6.07, 6.45) is 6.81. The third kappa shape index (κ3) is 19.0. The molecule has 0 aliphatic heterocycles. The van der Waals surface area contributed by atoms with Crippen molar-refractivity contribution in [2.45, 2.75) is 140 Å². The summed E-state index contributed by atoms with van der Waals surface area (Å²) >= 11 is 0. The van der Waals surface area contributed by atoms with Gasteiger partial charge in [-0.25, -0.2) is 0 Å². The van der Waals surface area contributed by atoms with Gasteiger partial charge in [-0.2, -0.15) is 0 Å². The summed E-state index contributed by atoms with van der Waals surface area (Å²) in [6, 6.07) is -1.07. The van der Waals surface area contributed by atoms with Crippen LogP contribution in [0.5, 0.6) is 0 Å². The lowest BCUT2D eigenvalue weighted by atomic mass is 9.99. The number of rotatable bonds is 27. The molecule has 11 heteroatoms. The molecular formula is C28H57NO10. The molecule has 0 heterocycles. The minimum absolute atomic E-state index is 0.272. The summed E-state index contributed by atoms with van der Waals surface area (Å²) in [4.78, 5) is 12.1. The van der Waals surface area contributed by atoms with E-state index in [1.807, 2.05) is 0 Å². The van der Waals surface area contributed by atoms with E-state index in [-0.39, 0.29) is 13.2 Å². The van der Waals surface area contributed by atoms with Crippen LogP contribution < -0.4 is 5.32 Å². The third-order valence-electron chi connectivity index (χ3n) is 6.75. The number of aliphatic hydroxyl groups excluding tert-OH is 6. The maximum Gasteiger partial charge on any atom is 0.246 e. The first-order valence-electron chi connectivity index (χ1n) is 14.7. The Morgan fingerprint density at radius 1 is 0.795 bits per heavy atom.